The van der Waals surface area contributed by atoms with E-state index >= 15 is 0 Å². The molecule has 0 saturated heterocycles. The summed E-state index contributed by atoms with van der Waals surface area (Å²) in [5.74, 6) is 0. The van der Waals surface area contributed by atoms with E-state index in [0.717, 1.165) is 0 Å². The highest BCUT2D eigenvalue weighted by atomic mass is 79.9. The number of hydrogen-bond acceptors (Lipinski definition) is 0. The maximum Gasteiger partial charge on any atom is 0.0255 e. The molecule has 0 saturated carbocycles. The molecular formula is C15H16BBrP. The quantitative estimate of drug-likeness (QED) is 0.595. The van der Waals surface area contributed by atoms with Crippen molar-refractivity contribution in [2.75, 3.05) is 0 Å². The van der Waals surface area contributed by atoms with Gasteiger partial charge in [0.1, 0.15) is 0 Å². The molecule has 0 fully saturated rings. The molecule has 18 heavy (non-hydrogen) atoms. The molecule has 0 amide bonds. The lowest BCUT2D eigenvalue weighted by molar-refractivity contribution is 1.10. The fourth-order valence-corrected chi connectivity index (χ4v) is 5.28. The average molecular weight is 318 g/mol. The topological polar surface area (TPSA) is 0 Å². The molecule has 0 nitrogen and oxygen atoms in total. The highest BCUT2D eigenvalue weighted by Gasteiger charge is 2.19. The molecule has 2 aromatic rings. The largest absolute Gasteiger partial charge is 0.0622 e. The van der Waals surface area contributed by atoms with E-state index in [2.05, 4.69) is 84.4 Å². The minimum absolute atomic E-state index is 0. The van der Waals surface area contributed by atoms with Crippen molar-refractivity contribution < 1.29 is 0 Å². The summed E-state index contributed by atoms with van der Waals surface area (Å²) < 4.78 is 1.23. The van der Waals surface area contributed by atoms with E-state index in [-0.39, 0.29) is 16.3 Å². The minimum atomic E-state index is -0.278. The molecule has 1 atom stereocenters. The van der Waals surface area contributed by atoms with Crippen LogP contribution in [0.2, 0.25) is 0 Å². The first-order valence-corrected chi connectivity index (χ1v) is 7.99. The van der Waals surface area contributed by atoms with Crippen LogP contribution in [0.4, 0.5) is 0 Å². The molecule has 2 aromatic carbocycles. The third-order valence-electron chi connectivity index (χ3n) is 2.66. The predicted molar refractivity (Wildman–Crippen MR) is 87.7 cm³/mol. The van der Waals surface area contributed by atoms with Crippen LogP contribution < -0.4 is 10.6 Å². The summed E-state index contributed by atoms with van der Waals surface area (Å²) in [6.45, 7) is 4.61. The maximum absolute atomic E-state index is 3.68. The Labute approximate surface area is 121 Å². The molecule has 0 aromatic heterocycles. The van der Waals surface area contributed by atoms with Crippen LogP contribution in [0.1, 0.15) is 13.8 Å². The number of rotatable bonds is 3. The fraction of sp³-hybridized carbons (Fsp3) is 0.200. The van der Waals surface area contributed by atoms with Gasteiger partial charge in [0.2, 0.25) is 0 Å². The summed E-state index contributed by atoms with van der Waals surface area (Å²) >= 11 is 3.68. The van der Waals surface area contributed by atoms with Crippen LogP contribution in [-0.2, 0) is 0 Å². The second-order valence-electron chi connectivity index (χ2n) is 4.25. The molecule has 0 aliphatic carbocycles. The molecule has 0 N–H and O–H groups in total. The van der Waals surface area contributed by atoms with Crippen molar-refractivity contribution in [3.8, 4) is 0 Å². The van der Waals surface area contributed by atoms with Crippen molar-refractivity contribution in [3.63, 3.8) is 0 Å². The molecule has 0 heterocycles. The Morgan fingerprint density at radius 3 is 2.00 bits per heavy atom. The lowest BCUT2D eigenvalue weighted by Crippen LogP contribution is -2.18. The second-order valence-corrected chi connectivity index (χ2v) is 7.88. The van der Waals surface area contributed by atoms with Crippen molar-refractivity contribution in [2.45, 2.75) is 19.5 Å². The molecule has 91 valence electrons. The summed E-state index contributed by atoms with van der Waals surface area (Å²) in [6.07, 6.45) is 0. The minimum Gasteiger partial charge on any atom is -0.0622 e. The maximum atomic E-state index is 3.68. The Hall–Kier alpha value is -0.585. The molecule has 3 heteroatoms. The summed E-state index contributed by atoms with van der Waals surface area (Å²) in [7, 11) is -0.278. The average Bonchev–Trinajstić information content (AvgIpc) is 2.33. The van der Waals surface area contributed by atoms with Crippen molar-refractivity contribution in [3.05, 3.63) is 59.1 Å². The van der Waals surface area contributed by atoms with Gasteiger partial charge < -0.3 is 0 Å². The van der Waals surface area contributed by atoms with Crippen molar-refractivity contribution in [2.24, 2.45) is 0 Å². The van der Waals surface area contributed by atoms with E-state index in [1.807, 2.05) is 0 Å². The van der Waals surface area contributed by atoms with Gasteiger partial charge in [-0.05, 0) is 30.3 Å². The van der Waals surface area contributed by atoms with Gasteiger partial charge >= 0.3 is 0 Å². The van der Waals surface area contributed by atoms with Crippen LogP contribution in [-0.4, -0.2) is 14.1 Å². The van der Waals surface area contributed by atoms with E-state index in [1.54, 1.807) is 0 Å². The number of benzene rings is 2. The molecule has 0 bridgehead atoms. The highest BCUT2D eigenvalue weighted by Crippen LogP contribution is 2.40. The van der Waals surface area contributed by atoms with Gasteiger partial charge in [-0.25, -0.2) is 0 Å². The molecule has 2 rings (SSSR count). The summed E-state index contributed by atoms with van der Waals surface area (Å²) in [6, 6.07) is 19.4. The van der Waals surface area contributed by atoms with Crippen LogP contribution >= 0.6 is 23.9 Å². The van der Waals surface area contributed by atoms with Gasteiger partial charge in [-0.1, -0.05) is 78.3 Å². The zero-order valence-electron chi connectivity index (χ0n) is 10.7. The number of halogens is 1. The van der Waals surface area contributed by atoms with Gasteiger partial charge in [0, 0.05) is 12.9 Å². The molecule has 0 aliphatic rings. The van der Waals surface area contributed by atoms with Crippen LogP contribution in [0, 0.1) is 0 Å². The van der Waals surface area contributed by atoms with Crippen LogP contribution in [0.25, 0.3) is 0 Å². The molecule has 0 spiro atoms. The third kappa shape index (κ3) is 3.46. The van der Waals surface area contributed by atoms with Crippen molar-refractivity contribution in [1.82, 2.24) is 0 Å². The lowest BCUT2D eigenvalue weighted by atomic mass is 10.4. The second kappa shape index (κ2) is 7.11. The van der Waals surface area contributed by atoms with Gasteiger partial charge in [-0.3, -0.25) is 0 Å². The van der Waals surface area contributed by atoms with E-state index in [0.29, 0.717) is 5.66 Å². The van der Waals surface area contributed by atoms with Gasteiger partial charge in [-0.15, -0.1) is 0 Å². The lowest BCUT2D eigenvalue weighted by Gasteiger charge is -2.23. The zero-order chi connectivity index (χ0) is 12.3. The zero-order valence-corrected chi connectivity index (χ0v) is 13.2. The molecule has 3 radical (unpaired) electrons. The van der Waals surface area contributed by atoms with E-state index in [4.69, 9.17) is 0 Å². The summed E-state index contributed by atoms with van der Waals surface area (Å²) in [5.41, 5.74) is 0.645. The van der Waals surface area contributed by atoms with Crippen molar-refractivity contribution >= 4 is 42.9 Å². The Bertz CT molecular complexity index is 485. The first kappa shape index (κ1) is 15.5. The Morgan fingerprint density at radius 2 is 1.44 bits per heavy atom. The standard InChI is InChI=1S/C15H16BrP.B/c1-12(2)17(13-8-4-3-5-9-13)15-11-7-6-10-14(15)16;/h3-12H,1-2H3;/t17-;/m0./s1. The first-order chi connectivity index (χ1) is 8.20. The van der Waals surface area contributed by atoms with E-state index in [9.17, 15) is 0 Å². The SMILES string of the molecule is CC(C)[P@@](c1ccccc1)c1ccccc1Br.[B]. The fourth-order valence-electron chi connectivity index (χ4n) is 1.95. The summed E-state index contributed by atoms with van der Waals surface area (Å²) in [5, 5.41) is 2.88. The van der Waals surface area contributed by atoms with Crippen LogP contribution in [0.5, 0.6) is 0 Å². The molecule has 0 unspecified atom stereocenters. The molecule has 0 aliphatic heterocycles. The van der Waals surface area contributed by atoms with Gasteiger partial charge in [0.15, 0.2) is 0 Å². The first-order valence-electron chi connectivity index (χ1n) is 5.79. The molecular weight excluding hydrogens is 302 g/mol. The summed E-state index contributed by atoms with van der Waals surface area (Å²) in [4.78, 5) is 0. The monoisotopic (exact) mass is 317 g/mol. The van der Waals surface area contributed by atoms with Crippen LogP contribution in [0.3, 0.4) is 0 Å². The van der Waals surface area contributed by atoms with Gasteiger partial charge in [0.25, 0.3) is 0 Å². The third-order valence-corrected chi connectivity index (χ3v) is 6.46. The van der Waals surface area contributed by atoms with E-state index < -0.39 is 0 Å². The number of hydrogen-bond donors (Lipinski definition) is 0. The normalized spacial score (nSPS) is 12.0. The predicted octanol–water partition coefficient (Wildman–Crippen LogP) is 3.91. The Morgan fingerprint density at radius 1 is 0.889 bits per heavy atom. The Balaban J connectivity index is 0.00000162. The Kier molecular flexibility index (Phi) is 6.12. The van der Waals surface area contributed by atoms with Gasteiger partial charge in [-0.2, -0.15) is 0 Å². The van der Waals surface area contributed by atoms with Crippen LogP contribution in [0.15, 0.2) is 59.1 Å². The van der Waals surface area contributed by atoms with Gasteiger partial charge in [0.05, 0.1) is 0 Å². The van der Waals surface area contributed by atoms with Crippen molar-refractivity contribution in [1.29, 1.82) is 0 Å². The smallest absolute Gasteiger partial charge is 0.0255 e. The highest BCUT2D eigenvalue weighted by molar-refractivity contribution is 9.10. The van der Waals surface area contributed by atoms with E-state index in [1.165, 1.54) is 15.1 Å².